The third kappa shape index (κ3) is 3.48. The summed E-state index contributed by atoms with van der Waals surface area (Å²) in [6.45, 7) is 0.519. The molecular weight excluding hydrogens is 329 g/mol. The first-order chi connectivity index (χ1) is 11.5. The van der Waals surface area contributed by atoms with E-state index in [9.17, 15) is 17.6 Å². The Balaban J connectivity index is 1.78. The molecular formula is C18H18FNO3S. The van der Waals surface area contributed by atoms with Crippen LogP contribution < -0.4 is 0 Å². The molecule has 1 saturated heterocycles. The summed E-state index contributed by atoms with van der Waals surface area (Å²) in [4.78, 5) is 14.5. The van der Waals surface area contributed by atoms with Gasteiger partial charge in [0.2, 0.25) is 0 Å². The number of amides is 1. The van der Waals surface area contributed by atoms with Crippen molar-refractivity contribution in [2.24, 2.45) is 0 Å². The van der Waals surface area contributed by atoms with Crippen LogP contribution in [0.4, 0.5) is 4.39 Å². The summed E-state index contributed by atoms with van der Waals surface area (Å²) in [6.07, 6.45) is 1.42. The molecule has 126 valence electrons. The number of likely N-dealkylation sites (tertiary alicyclic amines) is 1. The summed E-state index contributed by atoms with van der Waals surface area (Å²) in [5, 5.41) is 0. The Labute approximate surface area is 140 Å². The monoisotopic (exact) mass is 347 g/mol. The highest BCUT2D eigenvalue weighted by molar-refractivity contribution is 7.91. The van der Waals surface area contributed by atoms with Crippen LogP contribution in [0, 0.1) is 5.82 Å². The quantitative estimate of drug-likeness (QED) is 0.854. The van der Waals surface area contributed by atoms with Gasteiger partial charge in [-0.1, -0.05) is 18.2 Å². The zero-order valence-electron chi connectivity index (χ0n) is 13.1. The molecule has 1 aliphatic heterocycles. The first-order valence-electron chi connectivity index (χ1n) is 7.82. The molecule has 0 N–H and O–H groups in total. The van der Waals surface area contributed by atoms with Crippen LogP contribution in [-0.2, 0) is 9.84 Å². The molecule has 1 amide bonds. The molecule has 1 fully saturated rings. The number of benzene rings is 2. The maximum atomic E-state index is 13.0. The number of hydrogen-bond acceptors (Lipinski definition) is 3. The Morgan fingerprint density at radius 1 is 1.08 bits per heavy atom. The van der Waals surface area contributed by atoms with E-state index >= 15 is 0 Å². The Morgan fingerprint density at radius 3 is 2.42 bits per heavy atom. The number of carbonyl (C=O) groups is 1. The molecule has 0 spiro atoms. The molecule has 0 radical (unpaired) electrons. The van der Waals surface area contributed by atoms with Gasteiger partial charge in [-0.2, -0.15) is 0 Å². The van der Waals surface area contributed by atoms with Gasteiger partial charge in [0.15, 0.2) is 9.84 Å². The van der Waals surface area contributed by atoms with Gasteiger partial charge >= 0.3 is 0 Å². The molecule has 6 heteroatoms. The van der Waals surface area contributed by atoms with Crippen LogP contribution in [0.3, 0.4) is 0 Å². The number of hydrogen-bond donors (Lipinski definition) is 0. The average Bonchev–Trinajstić information content (AvgIpc) is 3.03. The Bertz CT molecular complexity index is 819. The predicted molar refractivity (Wildman–Crippen MR) is 89.0 cm³/mol. The highest BCUT2D eigenvalue weighted by Crippen LogP contribution is 2.24. The maximum Gasteiger partial charge on any atom is 0.254 e. The number of sulfone groups is 1. The number of nitrogens with zero attached hydrogens (tertiary/aromatic N) is 1. The lowest BCUT2D eigenvalue weighted by Gasteiger charge is -2.24. The lowest BCUT2D eigenvalue weighted by atomic mass is 10.2. The van der Waals surface area contributed by atoms with Gasteiger partial charge < -0.3 is 4.90 Å². The van der Waals surface area contributed by atoms with Crippen molar-refractivity contribution in [3.63, 3.8) is 0 Å². The second-order valence-corrected chi connectivity index (χ2v) is 7.93. The minimum absolute atomic E-state index is 0.0933. The van der Waals surface area contributed by atoms with Gasteiger partial charge in [-0.05, 0) is 49.2 Å². The predicted octanol–water partition coefficient (Wildman–Crippen LogP) is 2.90. The summed E-state index contributed by atoms with van der Waals surface area (Å²) < 4.78 is 38.1. The van der Waals surface area contributed by atoms with Crippen molar-refractivity contribution in [1.82, 2.24) is 4.90 Å². The van der Waals surface area contributed by atoms with E-state index < -0.39 is 15.7 Å². The van der Waals surface area contributed by atoms with Crippen LogP contribution in [0.1, 0.15) is 23.2 Å². The van der Waals surface area contributed by atoms with Gasteiger partial charge in [-0.25, -0.2) is 12.8 Å². The van der Waals surface area contributed by atoms with Gasteiger partial charge in [0.05, 0.1) is 10.6 Å². The molecule has 1 atom stereocenters. The second kappa shape index (κ2) is 6.73. The fourth-order valence-corrected chi connectivity index (χ4v) is 4.63. The molecule has 24 heavy (non-hydrogen) atoms. The Morgan fingerprint density at radius 2 is 1.75 bits per heavy atom. The highest BCUT2D eigenvalue weighted by atomic mass is 32.2. The van der Waals surface area contributed by atoms with Crippen molar-refractivity contribution in [2.75, 3.05) is 12.3 Å². The van der Waals surface area contributed by atoms with E-state index in [1.165, 1.54) is 24.3 Å². The molecule has 1 unspecified atom stereocenters. The molecule has 1 aliphatic rings. The van der Waals surface area contributed by atoms with Gasteiger partial charge in [-0.3, -0.25) is 4.79 Å². The minimum Gasteiger partial charge on any atom is -0.335 e. The van der Waals surface area contributed by atoms with Gasteiger partial charge in [-0.15, -0.1) is 0 Å². The van der Waals surface area contributed by atoms with Crippen molar-refractivity contribution in [1.29, 1.82) is 0 Å². The van der Waals surface area contributed by atoms with Crippen LogP contribution in [0.2, 0.25) is 0 Å². The Kier molecular flexibility index (Phi) is 4.66. The van der Waals surface area contributed by atoms with Crippen molar-refractivity contribution < 1.29 is 17.6 Å². The van der Waals surface area contributed by atoms with Crippen molar-refractivity contribution in [3.8, 4) is 0 Å². The normalized spacial score (nSPS) is 17.9. The van der Waals surface area contributed by atoms with Crippen molar-refractivity contribution in [3.05, 3.63) is 66.0 Å². The lowest BCUT2D eigenvalue weighted by Crippen LogP contribution is -2.39. The zero-order valence-corrected chi connectivity index (χ0v) is 13.9. The average molecular weight is 347 g/mol. The summed E-state index contributed by atoms with van der Waals surface area (Å²) in [7, 11) is -3.45. The van der Waals surface area contributed by atoms with Crippen LogP contribution in [-0.4, -0.2) is 37.6 Å². The lowest BCUT2D eigenvalue weighted by molar-refractivity contribution is 0.0749. The zero-order chi connectivity index (χ0) is 17.2. The van der Waals surface area contributed by atoms with Crippen LogP contribution in [0.5, 0.6) is 0 Å². The second-order valence-electron chi connectivity index (χ2n) is 5.90. The molecule has 0 saturated carbocycles. The molecule has 2 aromatic rings. The largest absolute Gasteiger partial charge is 0.335 e. The van der Waals surface area contributed by atoms with Crippen LogP contribution in [0.25, 0.3) is 0 Å². The minimum atomic E-state index is -3.45. The molecule has 0 aromatic heterocycles. The van der Waals surface area contributed by atoms with Gasteiger partial charge in [0, 0.05) is 18.2 Å². The summed E-state index contributed by atoms with van der Waals surface area (Å²) in [5.41, 5.74) is 0.375. The molecule has 2 aromatic carbocycles. The Hall–Kier alpha value is -2.21. The summed E-state index contributed by atoms with van der Waals surface area (Å²) >= 11 is 0. The van der Waals surface area contributed by atoms with Gasteiger partial charge in [0.25, 0.3) is 5.91 Å². The van der Waals surface area contributed by atoms with E-state index in [4.69, 9.17) is 0 Å². The molecule has 0 bridgehead atoms. The van der Waals surface area contributed by atoms with Crippen molar-refractivity contribution in [2.45, 2.75) is 23.8 Å². The molecule has 1 heterocycles. The SMILES string of the molecule is O=C(c1ccc(F)cc1)N1CCCC1CS(=O)(=O)c1ccccc1. The van der Waals surface area contributed by atoms with E-state index in [2.05, 4.69) is 0 Å². The van der Waals surface area contributed by atoms with E-state index in [0.29, 0.717) is 18.5 Å². The fourth-order valence-electron chi connectivity index (χ4n) is 3.01. The van der Waals surface area contributed by atoms with E-state index in [0.717, 1.165) is 6.42 Å². The molecule has 3 rings (SSSR count). The summed E-state index contributed by atoms with van der Waals surface area (Å²) in [6, 6.07) is 13.2. The fraction of sp³-hybridized carbons (Fsp3) is 0.278. The third-order valence-electron chi connectivity index (χ3n) is 4.24. The summed E-state index contributed by atoms with van der Waals surface area (Å²) in [5.74, 6) is -0.749. The number of carbonyl (C=O) groups excluding carboxylic acids is 1. The maximum absolute atomic E-state index is 13.0. The van der Waals surface area contributed by atoms with Crippen molar-refractivity contribution >= 4 is 15.7 Å². The van der Waals surface area contributed by atoms with E-state index in [-0.39, 0.29) is 22.6 Å². The molecule has 0 aliphatic carbocycles. The standard InChI is InChI=1S/C18H18FNO3S/c19-15-10-8-14(9-11-15)18(21)20-12-4-5-16(20)13-24(22,23)17-6-2-1-3-7-17/h1-3,6-11,16H,4-5,12-13H2. The van der Waals surface area contributed by atoms with Crippen LogP contribution in [0.15, 0.2) is 59.5 Å². The third-order valence-corrected chi connectivity index (χ3v) is 6.06. The van der Waals surface area contributed by atoms with Crippen LogP contribution >= 0.6 is 0 Å². The smallest absolute Gasteiger partial charge is 0.254 e. The molecule has 4 nitrogen and oxygen atoms in total. The number of rotatable bonds is 4. The topological polar surface area (TPSA) is 54.5 Å². The first kappa shape index (κ1) is 16.6. The van der Waals surface area contributed by atoms with E-state index in [1.807, 2.05) is 0 Å². The number of halogens is 1. The first-order valence-corrected chi connectivity index (χ1v) is 9.47. The van der Waals surface area contributed by atoms with Gasteiger partial charge in [0.1, 0.15) is 5.82 Å². The van der Waals surface area contributed by atoms with E-state index in [1.54, 1.807) is 35.2 Å². The highest BCUT2D eigenvalue weighted by Gasteiger charge is 2.33.